The Morgan fingerprint density at radius 2 is 1.33 bits per heavy atom. The maximum atomic E-state index is 12.9. The number of nitrogens with zero attached hydrogens (tertiary/aromatic N) is 1. The van der Waals surface area contributed by atoms with Gasteiger partial charge in [-0.05, 0) is 49.7 Å². The molecule has 0 rings (SSSR count). The van der Waals surface area contributed by atoms with Crippen LogP contribution < -0.4 is 33.2 Å². The number of carboxylic acids is 2. The lowest BCUT2D eigenvalue weighted by molar-refractivity contribution is -0.143. The highest BCUT2D eigenvalue weighted by molar-refractivity contribution is 7.98. The summed E-state index contributed by atoms with van der Waals surface area (Å²) in [5, 5.41) is 25.7. The van der Waals surface area contributed by atoms with Crippen LogP contribution in [0, 0.1) is 0 Å². The summed E-state index contributed by atoms with van der Waals surface area (Å²) in [4.78, 5) is 64.6. The molecule has 0 aromatic carbocycles. The summed E-state index contributed by atoms with van der Waals surface area (Å²) in [6.45, 7) is 0.132. The molecule has 0 aromatic rings. The lowest BCUT2D eigenvalue weighted by Gasteiger charge is -2.24. The van der Waals surface area contributed by atoms with Gasteiger partial charge in [-0.1, -0.05) is 0 Å². The number of hydrogen-bond acceptors (Lipinski definition) is 9. The second-order valence-electron chi connectivity index (χ2n) is 7.74. The molecule has 0 saturated carbocycles. The molecule has 4 unspecified atom stereocenters. The summed E-state index contributed by atoms with van der Waals surface area (Å²) in [5.41, 5.74) is 16.3. The predicted molar refractivity (Wildman–Crippen MR) is 140 cm³/mol. The summed E-state index contributed by atoms with van der Waals surface area (Å²) >= 11 is 2.94. The van der Waals surface area contributed by atoms with E-state index in [1.807, 2.05) is 6.26 Å². The number of nitrogens with two attached hydrogens (primary N) is 3. The highest BCUT2D eigenvalue weighted by atomic mass is 32.2. The number of carbonyl (C=O) groups excluding carboxylic acids is 3. The fourth-order valence-electron chi connectivity index (χ4n) is 2.85. The molecule has 14 nitrogen and oxygen atoms in total. The van der Waals surface area contributed by atoms with Crippen molar-refractivity contribution in [2.45, 2.75) is 56.3 Å². The molecule has 0 bridgehead atoms. The molecule has 0 aliphatic heterocycles. The Hall–Kier alpha value is -2.72. The highest BCUT2D eigenvalue weighted by Crippen LogP contribution is 2.06. The first-order valence-electron chi connectivity index (χ1n) is 11.1. The third-order valence-corrected chi connectivity index (χ3v) is 6.07. The Kier molecular flexibility index (Phi) is 17.1. The molecule has 11 N–H and O–H groups in total. The second-order valence-corrected chi connectivity index (χ2v) is 9.71. The molecule has 0 radical (unpaired) electrons. The third kappa shape index (κ3) is 14.6. The topological polar surface area (TPSA) is 252 Å². The quantitative estimate of drug-likeness (QED) is 0.0487. The largest absolute Gasteiger partial charge is 0.481 e. The smallest absolute Gasteiger partial charge is 0.326 e. The number of thioether (sulfide) groups is 2. The van der Waals surface area contributed by atoms with Gasteiger partial charge in [0.1, 0.15) is 18.1 Å². The summed E-state index contributed by atoms with van der Waals surface area (Å²) in [5.74, 6) is -4.09. The van der Waals surface area contributed by atoms with E-state index >= 15 is 0 Å². The number of nitrogens with one attached hydrogen (secondary N) is 3. The van der Waals surface area contributed by atoms with Crippen LogP contribution in [0.3, 0.4) is 0 Å². The van der Waals surface area contributed by atoms with E-state index < -0.39 is 60.2 Å². The number of guanidine groups is 1. The SMILES string of the molecule is CSCCC(N)C(=O)NC(CCSC)C(=O)NC(CC(=O)O)C(=O)NC(CCCN=C(N)N)C(=O)O. The predicted octanol–water partition coefficient (Wildman–Crippen LogP) is -2.11. The maximum absolute atomic E-state index is 12.9. The molecule has 36 heavy (non-hydrogen) atoms. The number of aliphatic carboxylic acids is 2. The lowest BCUT2D eigenvalue weighted by atomic mass is 10.1. The van der Waals surface area contributed by atoms with E-state index in [4.69, 9.17) is 17.2 Å². The molecule has 0 saturated heterocycles. The summed E-state index contributed by atoms with van der Waals surface area (Å²) in [7, 11) is 0. The lowest BCUT2D eigenvalue weighted by Crippen LogP contribution is -2.57. The van der Waals surface area contributed by atoms with Gasteiger partial charge in [0.25, 0.3) is 0 Å². The number of hydrogen-bond donors (Lipinski definition) is 8. The van der Waals surface area contributed by atoms with Crippen molar-refractivity contribution in [3.63, 3.8) is 0 Å². The summed E-state index contributed by atoms with van der Waals surface area (Å²) in [6.07, 6.45) is 3.67. The van der Waals surface area contributed by atoms with Crippen molar-refractivity contribution in [2.24, 2.45) is 22.2 Å². The number of aliphatic imine (C=N–C) groups is 1. The molecular formula is C20H37N7O7S2. The van der Waals surface area contributed by atoms with E-state index in [-0.39, 0.29) is 31.8 Å². The van der Waals surface area contributed by atoms with Crippen LogP contribution in [-0.4, -0.2) is 101 Å². The van der Waals surface area contributed by atoms with Gasteiger partial charge < -0.3 is 43.4 Å². The van der Waals surface area contributed by atoms with Crippen LogP contribution in [-0.2, 0) is 24.0 Å². The van der Waals surface area contributed by atoms with Crippen LogP contribution in [0.4, 0.5) is 0 Å². The van der Waals surface area contributed by atoms with Crippen molar-refractivity contribution in [1.82, 2.24) is 16.0 Å². The zero-order valence-corrected chi connectivity index (χ0v) is 22.0. The molecule has 206 valence electrons. The first-order chi connectivity index (χ1) is 16.9. The van der Waals surface area contributed by atoms with E-state index in [0.717, 1.165) is 0 Å². The van der Waals surface area contributed by atoms with Crippen LogP contribution in [0.1, 0.15) is 32.1 Å². The van der Waals surface area contributed by atoms with Gasteiger partial charge in [-0.25, -0.2) is 4.79 Å². The number of amides is 3. The molecule has 3 amide bonds. The molecule has 0 aromatic heterocycles. The van der Waals surface area contributed by atoms with E-state index in [2.05, 4.69) is 20.9 Å². The normalized spacial score (nSPS) is 14.0. The molecule has 4 atom stereocenters. The van der Waals surface area contributed by atoms with Gasteiger partial charge >= 0.3 is 11.9 Å². The number of rotatable bonds is 19. The highest BCUT2D eigenvalue weighted by Gasteiger charge is 2.31. The molecular weight excluding hydrogens is 514 g/mol. The van der Waals surface area contributed by atoms with E-state index in [0.29, 0.717) is 17.9 Å². The third-order valence-electron chi connectivity index (χ3n) is 4.78. The van der Waals surface area contributed by atoms with Gasteiger partial charge in [0.15, 0.2) is 5.96 Å². The summed E-state index contributed by atoms with van der Waals surface area (Å²) < 4.78 is 0. The van der Waals surface area contributed by atoms with Gasteiger partial charge in [0.2, 0.25) is 17.7 Å². The van der Waals surface area contributed by atoms with E-state index in [1.165, 1.54) is 23.5 Å². The first kappa shape index (κ1) is 33.3. The number of carboxylic acid groups (broad SMARTS) is 2. The fraction of sp³-hybridized carbons (Fsp3) is 0.700. The Balaban J connectivity index is 5.41. The molecule has 0 aliphatic rings. The van der Waals surface area contributed by atoms with E-state index in [9.17, 15) is 34.2 Å². The van der Waals surface area contributed by atoms with Crippen molar-refractivity contribution < 1.29 is 34.2 Å². The molecule has 0 spiro atoms. The van der Waals surface area contributed by atoms with Crippen molar-refractivity contribution in [3.05, 3.63) is 0 Å². The Bertz CT molecular complexity index is 782. The zero-order valence-electron chi connectivity index (χ0n) is 20.4. The van der Waals surface area contributed by atoms with Crippen LogP contribution in [0.15, 0.2) is 4.99 Å². The van der Waals surface area contributed by atoms with Crippen LogP contribution in [0.2, 0.25) is 0 Å². The van der Waals surface area contributed by atoms with Gasteiger partial charge in [0, 0.05) is 6.54 Å². The average Bonchev–Trinajstić information content (AvgIpc) is 2.80. The number of carbonyl (C=O) groups is 5. The first-order valence-corrected chi connectivity index (χ1v) is 13.9. The minimum Gasteiger partial charge on any atom is -0.481 e. The van der Waals surface area contributed by atoms with Crippen molar-refractivity contribution >= 4 is 59.1 Å². The van der Waals surface area contributed by atoms with Crippen LogP contribution in [0.25, 0.3) is 0 Å². The monoisotopic (exact) mass is 551 g/mol. The van der Waals surface area contributed by atoms with Crippen molar-refractivity contribution in [3.8, 4) is 0 Å². The fourth-order valence-corrected chi connectivity index (χ4v) is 3.81. The Morgan fingerprint density at radius 1 is 0.806 bits per heavy atom. The standard InChI is InChI=1S/C20H37N7O7S2/c1-35-8-5-11(21)16(30)25-12(6-9-36-2)17(31)27-14(10-15(28)29)18(32)26-13(19(33)34)4-3-7-24-20(22)23/h11-14H,3-10,21H2,1-2H3,(H,25,30)(H,26,32)(H,27,31)(H,28,29)(H,33,34)(H4,22,23,24). The minimum absolute atomic E-state index is 0.0358. The van der Waals surface area contributed by atoms with Crippen molar-refractivity contribution in [2.75, 3.05) is 30.6 Å². The molecule has 0 fully saturated rings. The molecule has 16 heteroatoms. The van der Waals surface area contributed by atoms with Gasteiger partial charge in [-0.3, -0.25) is 24.2 Å². The second kappa shape index (κ2) is 18.5. The van der Waals surface area contributed by atoms with Crippen LogP contribution >= 0.6 is 23.5 Å². The Morgan fingerprint density at radius 3 is 1.86 bits per heavy atom. The van der Waals surface area contributed by atoms with Crippen LogP contribution in [0.5, 0.6) is 0 Å². The van der Waals surface area contributed by atoms with Gasteiger partial charge in [-0.15, -0.1) is 0 Å². The van der Waals surface area contributed by atoms with Crippen molar-refractivity contribution in [1.29, 1.82) is 0 Å². The van der Waals surface area contributed by atoms with Gasteiger partial charge in [0.05, 0.1) is 12.5 Å². The summed E-state index contributed by atoms with van der Waals surface area (Å²) in [6, 6.07) is -4.84. The molecule has 0 aliphatic carbocycles. The van der Waals surface area contributed by atoms with Gasteiger partial charge in [-0.2, -0.15) is 23.5 Å². The average molecular weight is 552 g/mol. The zero-order chi connectivity index (χ0) is 27.7. The Labute approximate surface area is 218 Å². The van der Waals surface area contributed by atoms with E-state index in [1.54, 1.807) is 6.26 Å². The maximum Gasteiger partial charge on any atom is 0.326 e. The minimum atomic E-state index is -1.58. The molecule has 0 heterocycles.